The minimum absolute atomic E-state index is 0.131. The van der Waals surface area contributed by atoms with Gasteiger partial charge in [0.25, 0.3) is 5.91 Å². The van der Waals surface area contributed by atoms with Crippen molar-refractivity contribution in [2.75, 3.05) is 24.6 Å². The Morgan fingerprint density at radius 1 is 1.23 bits per heavy atom. The number of hydrogen-bond donors (Lipinski definition) is 2. The Bertz CT molecular complexity index is 1070. The predicted octanol–water partition coefficient (Wildman–Crippen LogP) is 3.27. The van der Waals surface area contributed by atoms with E-state index in [-0.39, 0.29) is 18.1 Å². The van der Waals surface area contributed by atoms with Crippen LogP contribution in [0.25, 0.3) is 10.9 Å². The zero-order valence-electron chi connectivity index (χ0n) is 16.0. The van der Waals surface area contributed by atoms with Gasteiger partial charge in [-0.15, -0.1) is 0 Å². The number of hydrogen-bond acceptors (Lipinski definition) is 4. The third-order valence-corrected chi connectivity index (χ3v) is 6.14. The number of H-pyrrole nitrogens is 1. The van der Waals surface area contributed by atoms with Gasteiger partial charge in [0.15, 0.2) is 0 Å². The van der Waals surface area contributed by atoms with Crippen molar-refractivity contribution in [1.82, 2.24) is 20.2 Å². The third kappa shape index (κ3) is 4.76. The van der Waals surface area contributed by atoms with Crippen LogP contribution in [0.5, 0.6) is 0 Å². The van der Waals surface area contributed by atoms with Crippen molar-refractivity contribution in [3.8, 4) is 0 Å². The molecule has 9 heteroatoms. The van der Waals surface area contributed by atoms with Gasteiger partial charge in [0, 0.05) is 36.4 Å². The van der Waals surface area contributed by atoms with Crippen LogP contribution in [0.3, 0.4) is 0 Å². The molecule has 1 atom stereocenters. The van der Waals surface area contributed by atoms with E-state index >= 15 is 0 Å². The Labute approximate surface area is 182 Å². The first-order valence-electron chi connectivity index (χ1n) is 9.56. The van der Waals surface area contributed by atoms with Gasteiger partial charge in [-0.2, -0.15) is 11.8 Å². The molecule has 1 aliphatic heterocycles. The highest BCUT2D eigenvalue weighted by Gasteiger charge is 2.28. The highest BCUT2D eigenvalue weighted by molar-refractivity contribution is 7.99. The molecule has 0 unspecified atom stereocenters. The molecule has 1 saturated heterocycles. The van der Waals surface area contributed by atoms with Gasteiger partial charge in [-0.25, -0.2) is 9.37 Å². The highest BCUT2D eigenvalue weighted by atomic mass is 35.5. The van der Waals surface area contributed by atoms with Crippen molar-refractivity contribution < 1.29 is 14.0 Å². The van der Waals surface area contributed by atoms with E-state index in [1.165, 1.54) is 12.1 Å². The molecular formula is C21H20ClFN4O2S. The summed E-state index contributed by atoms with van der Waals surface area (Å²) in [7, 11) is 0. The number of amides is 2. The van der Waals surface area contributed by atoms with Crippen LogP contribution in [0.15, 0.2) is 42.6 Å². The molecule has 156 valence electrons. The zero-order chi connectivity index (χ0) is 21.1. The standard InChI is InChI=1S/C21H20ClFN4O2S/c22-19-11-14-10-16(25-18(14)12-24-19)20(28)26-17(9-13-1-3-15(23)4-2-13)21(29)27-5-7-30-8-6-27/h1-4,10-12,17,25H,5-9H2,(H,26,28)/t17-/m0/s1. The fourth-order valence-electron chi connectivity index (χ4n) is 3.42. The second-order valence-corrected chi connectivity index (χ2v) is 8.68. The molecule has 4 rings (SSSR count). The van der Waals surface area contributed by atoms with Crippen molar-refractivity contribution >= 4 is 46.1 Å². The number of pyridine rings is 1. The van der Waals surface area contributed by atoms with Gasteiger partial charge in [-0.05, 0) is 29.8 Å². The number of aromatic nitrogens is 2. The van der Waals surface area contributed by atoms with Gasteiger partial charge in [0.1, 0.15) is 22.7 Å². The lowest BCUT2D eigenvalue weighted by Crippen LogP contribution is -2.51. The molecule has 0 bridgehead atoms. The number of thioether (sulfide) groups is 1. The minimum Gasteiger partial charge on any atom is -0.349 e. The summed E-state index contributed by atoms with van der Waals surface area (Å²) in [5.74, 6) is 0.879. The van der Waals surface area contributed by atoms with E-state index in [2.05, 4.69) is 15.3 Å². The van der Waals surface area contributed by atoms with E-state index in [0.29, 0.717) is 29.5 Å². The molecule has 1 aromatic carbocycles. The van der Waals surface area contributed by atoms with Crippen molar-refractivity contribution in [2.24, 2.45) is 0 Å². The summed E-state index contributed by atoms with van der Waals surface area (Å²) >= 11 is 7.72. The summed E-state index contributed by atoms with van der Waals surface area (Å²) in [6.07, 6.45) is 1.84. The fraction of sp³-hybridized carbons (Fsp3) is 0.286. The third-order valence-electron chi connectivity index (χ3n) is 5.00. The number of benzene rings is 1. The smallest absolute Gasteiger partial charge is 0.268 e. The van der Waals surface area contributed by atoms with Crippen LogP contribution in [0.1, 0.15) is 16.1 Å². The van der Waals surface area contributed by atoms with Crippen LogP contribution in [0.4, 0.5) is 4.39 Å². The molecule has 0 aliphatic carbocycles. The van der Waals surface area contributed by atoms with E-state index in [1.54, 1.807) is 47.1 Å². The SMILES string of the molecule is O=C(N[C@@H](Cc1ccc(F)cc1)C(=O)N1CCSCC1)c1cc2cc(Cl)ncc2[nH]1. The van der Waals surface area contributed by atoms with Crippen molar-refractivity contribution in [1.29, 1.82) is 0 Å². The molecule has 0 radical (unpaired) electrons. The van der Waals surface area contributed by atoms with E-state index in [4.69, 9.17) is 11.6 Å². The molecule has 3 heterocycles. The maximum absolute atomic E-state index is 13.3. The first kappa shape index (κ1) is 20.7. The summed E-state index contributed by atoms with van der Waals surface area (Å²) in [6.45, 7) is 1.30. The van der Waals surface area contributed by atoms with Gasteiger partial charge in [0.2, 0.25) is 5.91 Å². The molecule has 0 saturated carbocycles. The molecule has 3 aromatic rings. The molecule has 6 nitrogen and oxygen atoms in total. The average molecular weight is 447 g/mol. The van der Waals surface area contributed by atoms with E-state index < -0.39 is 11.9 Å². The molecule has 1 aliphatic rings. The fourth-order valence-corrected chi connectivity index (χ4v) is 4.49. The van der Waals surface area contributed by atoms with Crippen molar-refractivity contribution in [2.45, 2.75) is 12.5 Å². The van der Waals surface area contributed by atoms with Crippen molar-refractivity contribution in [3.05, 3.63) is 64.8 Å². The normalized spacial score (nSPS) is 15.2. The van der Waals surface area contributed by atoms with Crippen molar-refractivity contribution in [3.63, 3.8) is 0 Å². The second kappa shape index (κ2) is 9.06. The Balaban J connectivity index is 1.56. The minimum atomic E-state index is -0.751. The number of nitrogens with one attached hydrogen (secondary N) is 2. The largest absolute Gasteiger partial charge is 0.349 e. The van der Waals surface area contributed by atoms with E-state index in [9.17, 15) is 14.0 Å². The maximum Gasteiger partial charge on any atom is 0.268 e. The summed E-state index contributed by atoms with van der Waals surface area (Å²) in [5, 5.41) is 3.95. The Hall–Kier alpha value is -2.58. The lowest BCUT2D eigenvalue weighted by molar-refractivity contribution is -0.132. The maximum atomic E-state index is 13.3. The first-order chi connectivity index (χ1) is 14.5. The van der Waals surface area contributed by atoms with Crippen LogP contribution in [-0.2, 0) is 11.2 Å². The monoisotopic (exact) mass is 446 g/mol. The van der Waals surface area contributed by atoms with Gasteiger partial charge in [-0.3, -0.25) is 9.59 Å². The number of fused-ring (bicyclic) bond motifs is 1. The van der Waals surface area contributed by atoms with Crippen LogP contribution in [-0.4, -0.2) is 57.3 Å². The van der Waals surface area contributed by atoms with Crippen LogP contribution < -0.4 is 5.32 Å². The Kier molecular flexibility index (Phi) is 6.24. The lowest BCUT2D eigenvalue weighted by atomic mass is 10.0. The van der Waals surface area contributed by atoms with Gasteiger partial charge < -0.3 is 15.2 Å². The number of halogens is 2. The van der Waals surface area contributed by atoms with Gasteiger partial charge >= 0.3 is 0 Å². The molecule has 0 spiro atoms. The average Bonchev–Trinajstić information content (AvgIpc) is 3.18. The predicted molar refractivity (Wildman–Crippen MR) is 116 cm³/mol. The number of carbonyl (C=O) groups excluding carboxylic acids is 2. The highest BCUT2D eigenvalue weighted by Crippen LogP contribution is 2.19. The summed E-state index contributed by atoms with van der Waals surface area (Å²) in [4.78, 5) is 34.8. The van der Waals surface area contributed by atoms with Crippen LogP contribution in [0, 0.1) is 5.82 Å². The topological polar surface area (TPSA) is 78.1 Å². The summed E-state index contributed by atoms with van der Waals surface area (Å²) in [5.41, 5.74) is 1.77. The molecular weight excluding hydrogens is 427 g/mol. The molecule has 2 amide bonds. The Morgan fingerprint density at radius 2 is 1.97 bits per heavy atom. The lowest BCUT2D eigenvalue weighted by Gasteiger charge is -2.30. The quantitative estimate of drug-likeness (QED) is 0.590. The number of carbonyl (C=O) groups is 2. The first-order valence-corrected chi connectivity index (χ1v) is 11.1. The van der Waals surface area contributed by atoms with Gasteiger partial charge in [0.05, 0.1) is 11.7 Å². The van der Waals surface area contributed by atoms with Crippen LogP contribution in [0.2, 0.25) is 5.15 Å². The molecule has 2 aromatic heterocycles. The number of aromatic amines is 1. The summed E-state index contributed by atoms with van der Waals surface area (Å²) < 4.78 is 13.3. The zero-order valence-corrected chi connectivity index (χ0v) is 17.6. The number of rotatable bonds is 5. The van der Waals surface area contributed by atoms with Crippen LogP contribution >= 0.6 is 23.4 Å². The Morgan fingerprint density at radius 3 is 2.70 bits per heavy atom. The molecule has 30 heavy (non-hydrogen) atoms. The number of nitrogens with zero attached hydrogens (tertiary/aromatic N) is 2. The molecule has 2 N–H and O–H groups in total. The van der Waals surface area contributed by atoms with Gasteiger partial charge in [-0.1, -0.05) is 23.7 Å². The van der Waals surface area contributed by atoms with E-state index in [0.717, 1.165) is 22.5 Å². The molecule has 1 fully saturated rings. The summed E-state index contributed by atoms with van der Waals surface area (Å²) in [6, 6.07) is 8.55. The second-order valence-electron chi connectivity index (χ2n) is 7.07. The van der Waals surface area contributed by atoms with E-state index in [1.807, 2.05) is 0 Å².